The van der Waals surface area contributed by atoms with Gasteiger partial charge in [0.1, 0.15) is 18.1 Å². The fraction of sp³-hybridized carbons (Fsp3) is 0.269. The number of nitrogens with one attached hydrogen (secondary N) is 1. The van der Waals surface area contributed by atoms with Crippen LogP contribution in [0.5, 0.6) is 11.5 Å². The lowest BCUT2D eigenvalue weighted by molar-refractivity contribution is -0.127. The Morgan fingerprint density at radius 1 is 1.06 bits per heavy atom. The first-order chi connectivity index (χ1) is 16.3. The number of ether oxygens (including phenoxy) is 2. The van der Waals surface area contributed by atoms with Crippen LogP contribution in [0.4, 0.5) is 5.69 Å². The van der Waals surface area contributed by atoms with Crippen LogP contribution in [0.2, 0.25) is 0 Å². The highest BCUT2D eigenvalue weighted by Crippen LogP contribution is 2.37. The summed E-state index contributed by atoms with van der Waals surface area (Å²) in [6.07, 6.45) is -0.992. The van der Waals surface area contributed by atoms with Gasteiger partial charge in [0.2, 0.25) is 0 Å². The van der Waals surface area contributed by atoms with Crippen molar-refractivity contribution in [2.45, 2.75) is 31.8 Å². The zero-order valence-electron chi connectivity index (χ0n) is 19.4. The molecule has 0 aliphatic carbocycles. The van der Waals surface area contributed by atoms with E-state index in [-0.39, 0.29) is 24.6 Å². The molecule has 34 heavy (non-hydrogen) atoms. The van der Waals surface area contributed by atoms with E-state index in [2.05, 4.69) is 5.32 Å². The Morgan fingerprint density at radius 3 is 2.59 bits per heavy atom. The first kappa shape index (κ1) is 23.6. The van der Waals surface area contributed by atoms with Crippen molar-refractivity contribution in [1.82, 2.24) is 5.32 Å². The van der Waals surface area contributed by atoms with Crippen LogP contribution in [0.25, 0.3) is 0 Å². The van der Waals surface area contributed by atoms with Gasteiger partial charge in [-0.05, 0) is 67.8 Å². The number of hydrogen-bond acceptors (Lipinski definition) is 5. The van der Waals surface area contributed by atoms with Crippen molar-refractivity contribution in [3.8, 4) is 11.5 Å². The first-order valence-electron chi connectivity index (χ1n) is 11.1. The molecule has 0 aromatic heterocycles. The zero-order chi connectivity index (χ0) is 24.3. The Balaban J connectivity index is 1.48. The van der Waals surface area contributed by atoms with Gasteiger partial charge in [0.05, 0.1) is 23.7 Å². The number of aryl methyl sites for hydroxylation is 2. The van der Waals surface area contributed by atoms with E-state index in [4.69, 9.17) is 9.47 Å². The molecule has 0 bridgehead atoms. The molecule has 7 nitrogen and oxygen atoms in total. The Bertz CT molecular complexity index is 1290. The van der Waals surface area contributed by atoms with Gasteiger partial charge < -0.3 is 14.8 Å². The van der Waals surface area contributed by atoms with Gasteiger partial charge in [-0.2, -0.15) is 0 Å². The number of sulfonamides is 1. The largest absolute Gasteiger partial charge is 0.491 e. The molecular weight excluding hydrogens is 452 g/mol. The number of carbonyl (C=O) groups is 1. The number of amides is 1. The molecule has 0 radical (unpaired) electrons. The summed E-state index contributed by atoms with van der Waals surface area (Å²) in [4.78, 5) is 13.1. The molecule has 1 heterocycles. The predicted octanol–water partition coefficient (Wildman–Crippen LogP) is 3.76. The van der Waals surface area contributed by atoms with Gasteiger partial charge in [-0.25, -0.2) is 8.42 Å². The van der Waals surface area contributed by atoms with E-state index in [1.54, 1.807) is 42.5 Å². The second-order valence-corrected chi connectivity index (χ2v) is 10.1. The lowest BCUT2D eigenvalue weighted by Gasteiger charge is -2.35. The third kappa shape index (κ3) is 4.87. The van der Waals surface area contributed by atoms with Crippen LogP contribution in [0.15, 0.2) is 71.6 Å². The van der Waals surface area contributed by atoms with E-state index in [9.17, 15) is 13.2 Å². The molecule has 0 saturated carbocycles. The number of fused-ring (bicyclic) bond motifs is 1. The quantitative estimate of drug-likeness (QED) is 0.521. The van der Waals surface area contributed by atoms with Gasteiger partial charge in [0.25, 0.3) is 15.9 Å². The minimum Gasteiger partial charge on any atom is -0.491 e. The molecular formula is C26H28N2O5S. The summed E-state index contributed by atoms with van der Waals surface area (Å²) in [5, 5.41) is 2.80. The van der Waals surface area contributed by atoms with E-state index >= 15 is 0 Å². The second-order valence-electron chi connectivity index (χ2n) is 8.26. The summed E-state index contributed by atoms with van der Waals surface area (Å²) in [6, 6.07) is 19.3. The molecule has 1 N–H and O–H groups in total. The zero-order valence-corrected chi connectivity index (χ0v) is 20.3. The lowest BCUT2D eigenvalue weighted by atomic mass is 10.1. The summed E-state index contributed by atoms with van der Waals surface area (Å²) in [7, 11) is -3.88. The monoisotopic (exact) mass is 480 g/mol. The maximum absolute atomic E-state index is 13.4. The molecule has 3 aromatic rings. The maximum Gasteiger partial charge on any atom is 0.264 e. The molecule has 0 spiro atoms. The molecule has 8 heteroatoms. The third-order valence-corrected chi connectivity index (χ3v) is 7.62. The van der Waals surface area contributed by atoms with Crippen LogP contribution in [-0.4, -0.2) is 40.1 Å². The van der Waals surface area contributed by atoms with Gasteiger partial charge in [0, 0.05) is 0 Å². The van der Waals surface area contributed by atoms with Gasteiger partial charge in [-0.3, -0.25) is 9.10 Å². The van der Waals surface area contributed by atoms with Crippen molar-refractivity contribution >= 4 is 21.6 Å². The summed E-state index contributed by atoms with van der Waals surface area (Å²) >= 11 is 0. The lowest BCUT2D eigenvalue weighted by Crippen LogP contribution is -2.51. The Morgan fingerprint density at radius 2 is 1.82 bits per heavy atom. The minimum absolute atomic E-state index is 0.128. The van der Waals surface area contributed by atoms with Crippen LogP contribution in [-0.2, 0) is 14.8 Å². The summed E-state index contributed by atoms with van der Waals surface area (Å²) in [6.45, 7) is 6.30. The molecule has 3 aromatic carbocycles. The van der Waals surface area contributed by atoms with Crippen LogP contribution in [0.1, 0.15) is 16.7 Å². The van der Waals surface area contributed by atoms with E-state index in [1.807, 2.05) is 45.0 Å². The highest BCUT2D eigenvalue weighted by atomic mass is 32.2. The molecule has 178 valence electrons. The Hall–Kier alpha value is -3.52. The third-order valence-electron chi connectivity index (χ3n) is 5.82. The van der Waals surface area contributed by atoms with E-state index in [0.717, 1.165) is 22.4 Å². The topological polar surface area (TPSA) is 84.9 Å². The summed E-state index contributed by atoms with van der Waals surface area (Å²) in [5.74, 6) is 0.732. The first-order valence-corrected chi connectivity index (χ1v) is 12.5. The van der Waals surface area contributed by atoms with Crippen molar-refractivity contribution in [1.29, 1.82) is 0 Å². The van der Waals surface area contributed by atoms with Crippen LogP contribution < -0.4 is 19.1 Å². The number of nitrogens with zero attached hydrogens (tertiary/aromatic N) is 1. The second kappa shape index (κ2) is 9.77. The molecule has 1 unspecified atom stereocenters. The predicted molar refractivity (Wildman–Crippen MR) is 131 cm³/mol. The van der Waals surface area contributed by atoms with Crippen LogP contribution >= 0.6 is 0 Å². The highest BCUT2D eigenvalue weighted by molar-refractivity contribution is 7.92. The van der Waals surface area contributed by atoms with Gasteiger partial charge in [0.15, 0.2) is 6.10 Å². The Kier molecular flexibility index (Phi) is 6.79. The van der Waals surface area contributed by atoms with E-state index in [1.165, 1.54) is 4.31 Å². The molecule has 0 saturated heterocycles. The van der Waals surface area contributed by atoms with Crippen LogP contribution in [0, 0.1) is 20.8 Å². The fourth-order valence-corrected chi connectivity index (χ4v) is 5.27. The van der Waals surface area contributed by atoms with Gasteiger partial charge in [-0.1, -0.05) is 36.4 Å². The van der Waals surface area contributed by atoms with Crippen molar-refractivity contribution < 1.29 is 22.7 Å². The average molecular weight is 481 g/mol. The number of hydrogen-bond donors (Lipinski definition) is 1. The normalized spacial score (nSPS) is 15.3. The van der Waals surface area contributed by atoms with Crippen molar-refractivity contribution in [2.24, 2.45) is 0 Å². The molecule has 0 fully saturated rings. The molecule has 1 aliphatic heterocycles. The number of carbonyl (C=O) groups excluding carboxylic acids is 1. The minimum atomic E-state index is -3.88. The van der Waals surface area contributed by atoms with Crippen molar-refractivity contribution in [3.05, 3.63) is 83.4 Å². The smallest absolute Gasteiger partial charge is 0.264 e. The SMILES string of the molecule is Cc1ccc2c(c1)OC(C(=O)NCCOc1cccc(C)c1C)CN2S(=O)(=O)c1ccccc1. The fourth-order valence-electron chi connectivity index (χ4n) is 3.77. The standard InChI is InChI=1S/C26H28N2O5S/c1-18-12-13-22-24(16-18)33-25(17-28(22)34(30,31)21-9-5-4-6-10-21)26(29)27-14-15-32-23-11-7-8-19(2)20(23)3/h4-13,16,25H,14-15,17H2,1-3H3,(H,27,29). The molecule has 4 rings (SSSR count). The van der Waals surface area contributed by atoms with Crippen molar-refractivity contribution in [3.63, 3.8) is 0 Å². The van der Waals surface area contributed by atoms with E-state index in [0.29, 0.717) is 11.4 Å². The van der Waals surface area contributed by atoms with Gasteiger partial charge >= 0.3 is 0 Å². The highest BCUT2D eigenvalue weighted by Gasteiger charge is 2.37. The Labute approximate surface area is 200 Å². The average Bonchev–Trinajstić information content (AvgIpc) is 2.83. The summed E-state index contributed by atoms with van der Waals surface area (Å²) in [5.41, 5.74) is 3.50. The van der Waals surface area contributed by atoms with Crippen LogP contribution in [0.3, 0.4) is 0 Å². The summed E-state index contributed by atoms with van der Waals surface area (Å²) < 4.78 is 39.8. The maximum atomic E-state index is 13.4. The number of anilines is 1. The number of benzene rings is 3. The van der Waals surface area contributed by atoms with Crippen molar-refractivity contribution in [2.75, 3.05) is 24.0 Å². The number of rotatable bonds is 7. The molecule has 1 aliphatic rings. The van der Waals surface area contributed by atoms with E-state index < -0.39 is 22.0 Å². The van der Waals surface area contributed by atoms with Gasteiger partial charge in [-0.15, -0.1) is 0 Å². The molecule has 1 amide bonds. The molecule has 1 atom stereocenters.